The molecule has 0 unspecified atom stereocenters. The van der Waals surface area contributed by atoms with E-state index in [0.717, 1.165) is 51.4 Å². The first-order chi connectivity index (χ1) is 27.3. The molecule has 4 radical (unpaired) electrons. The maximum absolute atomic E-state index is 6.30. The van der Waals surface area contributed by atoms with Crippen LogP contribution in [-0.4, -0.2) is 105 Å². The zero-order valence-corrected chi connectivity index (χ0v) is 42.0. The van der Waals surface area contributed by atoms with Crippen LogP contribution in [0.4, 0.5) is 0 Å². The molecule has 0 atom stereocenters. The van der Waals surface area contributed by atoms with Gasteiger partial charge < -0.3 is 92.4 Å². The van der Waals surface area contributed by atoms with E-state index in [4.69, 9.17) is 105 Å². The normalized spacial score (nSPS) is 5.75. The summed E-state index contributed by atoms with van der Waals surface area (Å²) in [7, 11) is 0. The van der Waals surface area contributed by atoms with E-state index in [-0.39, 0.29) is 112 Å². The van der Waals surface area contributed by atoms with E-state index in [1.165, 1.54) is 0 Å². The molecule has 20 heteroatoms. The van der Waals surface area contributed by atoms with Crippen molar-refractivity contribution in [2.24, 2.45) is 0 Å². The van der Waals surface area contributed by atoms with Gasteiger partial charge in [-0.25, -0.2) is 105 Å². The molecular formula is C44H66N16Rh4. The Morgan fingerprint density at radius 3 is 0.266 bits per heavy atom. The van der Waals surface area contributed by atoms with Crippen LogP contribution in [0.3, 0.4) is 0 Å². The van der Waals surface area contributed by atoms with E-state index in [0.29, 0.717) is 105 Å². The molecule has 0 aliphatic heterocycles. The Labute approximate surface area is 447 Å². The molecule has 0 amide bonds. The number of nitrogens with zero attached hydrogens (tertiary/aromatic N) is 16. The van der Waals surface area contributed by atoms with E-state index >= 15 is 0 Å². The minimum atomic E-state index is 0. The third-order valence-corrected chi connectivity index (χ3v) is 4.32. The van der Waals surface area contributed by atoms with Crippen molar-refractivity contribution in [3.63, 3.8) is 0 Å². The molecule has 0 N–H and O–H groups in total. The molecule has 0 bridgehead atoms. The molecule has 0 spiro atoms. The summed E-state index contributed by atoms with van der Waals surface area (Å²) in [5.74, 6) is 0. The SMILES string of the molecule is C.C.[C-]#[N+]CCC[N+]#[C-].[C-]#[N+]CCC[N+]#[C-].[C-]#[N+]CCC[N+]#[C-].[C-]#[N+]CCC[N+]#[C-].[C-]#[N+]CCC[N+]#[C-].[C-]#[N+]CCC[N+]#[C-].[C-]#[N+]CCC[N+]#[C-].[C-]#[N+]CCC[N+]#[C-].[CH3-].[CH3-].[H+].[H+].[HH].[Rh].[Rh].[Rh].[Rh]. The van der Waals surface area contributed by atoms with Crippen LogP contribution in [0.1, 0.15) is 70.5 Å². The second-order valence-electron chi connectivity index (χ2n) is 8.94. The van der Waals surface area contributed by atoms with Crippen LogP contribution in [-0.2, 0) is 77.9 Å². The molecule has 0 aromatic rings. The summed E-state index contributed by atoms with van der Waals surface area (Å²) in [5, 5.41) is 0. The zero-order valence-electron chi connectivity index (χ0n) is 37.5. The predicted octanol–water partition coefficient (Wildman–Crippen LogP) is 12.4. The molecule has 0 aliphatic rings. The van der Waals surface area contributed by atoms with Crippen LogP contribution in [0.2, 0.25) is 0 Å². The topological polar surface area (TPSA) is 69.8 Å². The summed E-state index contributed by atoms with van der Waals surface area (Å²) in [5.41, 5.74) is 0. The Morgan fingerprint density at radius 1 is 0.188 bits per heavy atom. The molecule has 0 saturated heterocycles. The smallest absolute Gasteiger partial charge is 0.358 e. The second-order valence-corrected chi connectivity index (χ2v) is 8.94. The Bertz CT molecular complexity index is 1120. The summed E-state index contributed by atoms with van der Waals surface area (Å²) in [6, 6.07) is 0. The third kappa shape index (κ3) is 249. The molecular weight excluding hydrogens is 1160 g/mol. The predicted molar refractivity (Wildman–Crippen MR) is 251 cm³/mol. The van der Waals surface area contributed by atoms with Gasteiger partial charge in [-0.15, -0.1) is 0 Å². The van der Waals surface area contributed by atoms with E-state index in [1.54, 1.807) is 0 Å². The summed E-state index contributed by atoms with van der Waals surface area (Å²) in [4.78, 5) is 49.3. The summed E-state index contributed by atoms with van der Waals surface area (Å²) in [6.45, 7) is 109. The fourth-order valence-electron chi connectivity index (χ4n) is 1.83. The van der Waals surface area contributed by atoms with Crippen LogP contribution in [0.15, 0.2) is 0 Å². The first-order valence-corrected chi connectivity index (χ1v) is 16.6. The average Bonchev–Trinajstić information content (AvgIpc) is 3.21. The van der Waals surface area contributed by atoms with Gasteiger partial charge in [0.25, 0.3) is 0 Å². The minimum absolute atomic E-state index is 0. The van der Waals surface area contributed by atoms with E-state index in [1.807, 2.05) is 0 Å². The average molecular weight is 1230 g/mol. The Morgan fingerprint density at radius 2 is 0.234 bits per heavy atom. The van der Waals surface area contributed by atoms with Crippen molar-refractivity contribution in [2.75, 3.05) is 105 Å². The molecule has 0 saturated carbocycles. The first-order valence-electron chi connectivity index (χ1n) is 16.6. The quantitative estimate of drug-likeness (QED) is 0.0840. The van der Waals surface area contributed by atoms with Gasteiger partial charge in [-0.3, -0.25) is 0 Å². The van der Waals surface area contributed by atoms with Crippen molar-refractivity contribution in [1.29, 1.82) is 0 Å². The third-order valence-electron chi connectivity index (χ3n) is 4.32. The Balaban J connectivity index is -0.0000000226. The second kappa shape index (κ2) is 154. The summed E-state index contributed by atoms with van der Waals surface area (Å²) >= 11 is 0. The number of hydrogen-bond acceptors (Lipinski definition) is 0. The van der Waals surface area contributed by atoms with Crippen LogP contribution in [0.5, 0.6) is 0 Å². The Hall–Kier alpha value is -5.67. The van der Waals surface area contributed by atoms with Gasteiger partial charge in [0.1, 0.15) is 0 Å². The molecule has 0 rings (SSSR count). The van der Waals surface area contributed by atoms with Gasteiger partial charge in [0, 0.05) is 79.3 Å². The van der Waals surface area contributed by atoms with Crippen LogP contribution < -0.4 is 0 Å². The zero-order chi connectivity index (χ0) is 44.3. The molecule has 0 fully saturated rings. The van der Waals surface area contributed by atoms with Gasteiger partial charge in [-0.2, -0.15) is 0 Å². The van der Waals surface area contributed by atoms with Gasteiger partial charge >= 0.3 is 2.85 Å². The largest absolute Gasteiger partial charge is 1.00 e. The molecule has 0 heterocycles. The summed E-state index contributed by atoms with van der Waals surface area (Å²) in [6.07, 6.45) is 5.83. The van der Waals surface area contributed by atoms with Crippen LogP contribution in [0.25, 0.3) is 77.5 Å². The van der Waals surface area contributed by atoms with Crippen molar-refractivity contribution in [3.8, 4) is 0 Å². The standard InChI is InChI=1S/8C5H6N2.2CH4.2CH3.4Rh.H2/c8*1-6-4-3-5-7-2;;;;;;;;;/h8*3-5H2;2*1H4;2*1H3;;;;;1H/q;;;;;;;;;;2*-1;;;;;/p+2. The Kier molecular flexibility index (Phi) is 258. The van der Waals surface area contributed by atoms with Crippen molar-refractivity contribution in [1.82, 2.24) is 0 Å². The van der Waals surface area contributed by atoms with Gasteiger partial charge in [0.15, 0.2) is 0 Å². The molecule has 64 heavy (non-hydrogen) atoms. The van der Waals surface area contributed by atoms with E-state index in [9.17, 15) is 0 Å². The molecule has 0 aromatic heterocycles. The molecule has 358 valence electrons. The summed E-state index contributed by atoms with van der Waals surface area (Å²) < 4.78 is 0. The minimum Gasteiger partial charge on any atom is -0.358 e. The molecule has 16 nitrogen and oxygen atoms in total. The fourth-order valence-corrected chi connectivity index (χ4v) is 1.83. The first kappa shape index (κ1) is 107. The van der Waals surface area contributed by atoms with Crippen molar-refractivity contribution in [2.45, 2.75) is 66.2 Å². The van der Waals surface area contributed by atoms with E-state index in [2.05, 4.69) is 77.5 Å². The molecule has 0 aliphatic carbocycles. The van der Waals surface area contributed by atoms with Crippen molar-refractivity contribution < 1.29 is 82.2 Å². The molecule has 0 aromatic carbocycles. The maximum Gasteiger partial charge on any atom is 1.00 e. The van der Waals surface area contributed by atoms with Gasteiger partial charge in [0.2, 0.25) is 105 Å². The monoisotopic (exact) mass is 1230 g/mol. The van der Waals surface area contributed by atoms with Crippen molar-refractivity contribution in [3.05, 3.63) is 198 Å². The fraction of sp³-hybridized carbons (Fsp3) is 0.591. The number of rotatable bonds is 16. The van der Waals surface area contributed by atoms with Gasteiger partial charge in [-0.05, 0) is 0 Å². The maximum atomic E-state index is 6.30. The van der Waals surface area contributed by atoms with Gasteiger partial charge in [0.05, 0.1) is 51.4 Å². The number of hydrogen-bond donors (Lipinski definition) is 0. The van der Waals surface area contributed by atoms with Crippen LogP contribution in [0, 0.1) is 120 Å². The van der Waals surface area contributed by atoms with Crippen LogP contribution >= 0.6 is 0 Å². The van der Waals surface area contributed by atoms with Crippen molar-refractivity contribution >= 4 is 0 Å². The van der Waals surface area contributed by atoms with Gasteiger partial charge in [-0.1, -0.05) is 14.9 Å². The van der Waals surface area contributed by atoms with E-state index < -0.39 is 0 Å².